The normalized spacial score (nSPS) is 10.5. The lowest BCUT2D eigenvalue weighted by Crippen LogP contribution is -2.04. The second-order valence-corrected chi connectivity index (χ2v) is 5.91. The molecule has 0 atom stereocenters. The van der Waals surface area contributed by atoms with Gasteiger partial charge in [-0.3, -0.25) is 0 Å². The topological polar surface area (TPSA) is 24.9 Å². The van der Waals surface area contributed by atoms with E-state index in [0.717, 1.165) is 30.3 Å². The fraction of sp³-hybridized carbons (Fsp3) is 0.353. The van der Waals surface area contributed by atoms with Crippen LogP contribution in [0.4, 0.5) is 5.82 Å². The van der Waals surface area contributed by atoms with Crippen LogP contribution < -0.4 is 5.32 Å². The van der Waals surface area contributed by atoms with Crippen molar-refractivity contribution in [3.8, 4) is 0 Å². The minimum Gasteiger partial charge on any atom is -0.370 e. The molecule has 1 aromatic heterocycles. The predicted octanol–water partition coefficient (Wildman–Crippen LogP) is 4.65. The van der Waals surface area contributed by atoms with Crippen LogP contribution in [-0.2, 0) is 11.5 Å². The number of hydrogen-bond donors (Lipinski definition) is 1. The van der Waals surface area contributed by atoms with E-state index in [0.29, 0.717) is 0 Å². The van der Waals surface area contributed by atoms with Gasteiger partial charge in [-0.05, 0) is 25.0 Å². The van der Waals surface area contributed by atoms with Crippen LogP contribution in [0.5, 0.6) is 0 Å². The average Bonchev–Trinajstić information content (AvgIpc) is 2.46. The number of pyridine rings is 1. The van der Waals surface area contributed by atoms with Gasteiger partial charge in [-0.25, -0.2) is 4.98 Å². The first-order chi connectivity index (χ1) is 9.79. The van der Waals surface area contributed by atoms with Gasteiger partial charge in [0.1, 0.15) is 5.82 Å². The molecule has 3 heteroatoms. The third-order valence-corrected chi connectivity index (χ3v) is 4.10. The van der Waals surface area contributed by atoms with Crippen LogP contribution in [0.3, 0.4) is 0 Å². The largest absolute Gasteiger partial charge is 0.370 e. The highest BCUT2D eigenvalue weighted by Gasteiger charge is 2.03. The number of aryl methyl sites for hydroxylation is 1. The Bertz CT molecular complexity index is 540. The number of hydrogen-bond acceptors (Lipinski definition) is 3. The number of aromatic nitrogens is 1. The molecular weight excluding hydrogens is 264 g/mol. The third-order valence-electron chi connectivity index (χ3n) is 3.04. The van der Waals surface area contributed by atoms with Crippen LogP contribution in [0.1, 0.15) is 30.0 Å². The van der Waals surface area contributed by atoms with E-state index in [1.165, 1.54) is 16.7 Å². The minimum atomic E-state index is 0.979. The molecule has 0 fully saturated rings. The van der Waals surface area contributed by atoms with Crippen molar-refractivity contribution in [2.75, 3.05) is 11.9 Å². The molecule has 1 N–H and O–H groups in total. The average molecular weight is 286 g/mol. The summed E-state index contributed by atoms with van der Waals surface area (Å²) in [4.78, 5) is 4.43. The van der Waals surface area contributed by atoms with Crippen molar-refractivity contribution in [3.63, 3.8) is 0 Å². The predicted molar refractivity (Wildman–Crippen MR) is 89.2 cm³/mol. The Kier molecular flexibility index (Phi) is 5.93. The van der Waals surface area contributed by atoms with E-state index >= 15 is 0 Å². The Morgan fingerprint density at radius 2 is 2.05 bits per heavy atom. The van der Waals surface area contributed by atoms with Crippen molar-refractivity contribution in [2.45, 2.75) is 31.8 Å². The molecule has 0 aliphatic heterocycles. The van der Waals surface area contributed by atoms with Gasteiger partial charge in [0.15, 0.2) is 0 Å². The fourth-order valence-electron chi connectivity index (χ4n) is 2.04. The van der Waals surface area contributed by atoms with Gasteiger partial charge in [0.05, 0.1) is 0 Å². The highest BCUT2D eigenvalue weighted by Crippen LogP contribution is 2.22. The zero-order valence-electron chi connectivity index (χ0n) is 12.2. The highest BCUT2D eigenvalue weighted by molar-refractivity contribution is 7.97. The quantitative estimate of drug-likeness (QED) is 0.802. The summed E-state index contributed by atoms with van der Waals surface area (Å²) in [6, 6.07) is 12.9. The van der Waals surface area contributed by atoms with E-state index in [1.54, 1.807) is 0 Å². The van der Waals surface area contributed by atoms with Gasteiger partial charge in [-0.2, -0.15) is 11.8 Å². The van der Waals surface area contributed by atoms with E-state index in [2.05, 4.69) is 54.5 Å². The molecule has 0 saturated heterocycles. The molecule has 0 spiro atoms. The Labute approximate surface area is 126 Å². The molecule has 1 aromatic carbocycles. The molecule has 0 unspecified atom stereocenters. The molecular formula is C17H22N2S. The van der Waals surface area contributed by atoms with Gasteiger partial charge in [-0.1, -0.05) is 42.8 Å². The molecule has 106 valence electrons. The van der Waals surface area contributed by atoms with Gasteiger partial charge >= 0.3 is 0 Å². The van der Waals surface area contributed by atoms with Crippen molar-refractivity contribution in [2.24, 2.45) is 0 Å². The summed E-state index contributed by atoms with van der Waals surface area (Å²) in [5.41, 5.74) is 4.01. The SMILES string of the molecule is CCCNc1ncccc1CSCc1cccc(C)c1. The Morgan fingerprint density at radius 1 is 1.15 bits per heavy atom. The van der Waals surface area contributed by atoms with Gasteiger partial charge in [0.2, 0.25) is 0 Å². The number of benzene rings is 1. The van der Waals surface area contributed by atoms with E-state index in [-0.39, 0.29) is 0 Å². The summed E-state index contributed by atoms with van der Waals surface area (Å²) >= 11 is 1.94. The van der Waals surface area contributed by atoms with Crippen molar-refractivity contribution < 1.29 is 0 Å². The van der Waals surface area contributed by atoms with Crippen molar-refractivity contribution in [1.29, 1.82) is 0 Å². The maximum Gasteiger partial charge on any atom is 0.129 e. The fourth-order valence-corrected chi connectivity index (χ4v) is 3.01. The molecule has 0 saturated carbocycles. The van der Waals surface area contributed by atoms with Crippen molar-refractivity contribution in [1.82, 2.24) is 4.98 Å². The summed E-state index contributed by atoms with van der Waals surface area (Å²) in [5, 5.41) is 3.40. The molecule has 0 bridgehead atoms. The van der Waals surface area contributed by atoms with Gasteiger partial charge in [-0.15, -0.1) is 0 Å². The number of rotatable bonds is 7. The first-order valence-corrected chi connectivity index (χ1v) is 8.26. The minimum absolute atomic E-state index is 0.979. The summed E-state index contributed by atoms with van der Waals surface area (Å²) in [6.07, 6.45) is 2.97. The van der Waals surface area contributed by atoms with Gasteiger partial charge in [0.25, 0.3) is 0 Å². The lowest BCUT2D eigenvalue weighted by atomic mass is 10.2. The monoisotopic (exact) mass is 286 g/mol. The van der Waals surface area contributed by atoms with Crippen LogP contribution in [0.2, 0.25) is 0 Å². The Morgan fingerprint density at radius 3 is 2.85 bits per heavy atom. The molecule has 0 aliphatic carbocycles. The molecule has 2 rings (SSSR count). The third kappa shape index (κ3) is 4.57. The molecule has 2 nitrogen and oxygen atoms in total. The van der Waals surface area contributed by atoms with E-state index in [1.807, 2.05) is 24.0 Å². The van der Waals surface area contributed by atoms with Crippen LogP contribution >= 0.6 is 11.8 Å². The number of nitrogens with one attached hydrogen (secondary N) is 1. The van der Waals surface area contributed by atoms with E-state index in [9.17, 15) is 0 Å². The van der Waals surface area contributed by atoms with Crippen LogP contribution in [0.25, 0.3) is 0 Å². The second kappa shape index (κ2) is 7.95. The first-order valence-electron chi connectivity index (χ1n) is 7.10. The molecule has 0 aliphatic rings. The molecule has 0 amide bonds. The number of nitrogens with zero attached hydrogens (tertiary/aromatic N) is 1. The van der Waals surface area contributed by atoms with Gasteiger partial charge < -0.3 is 5.32 Å². The smallest absolute Gasteiger partial charge is 0.129 e. The summed E-state index contributed by atoms with van der Waals surface area (Å²) in [5.74, 6) is 3.07. The van der Waals surface area contributed by atoms with Crippen LogP contribution in [0.15, 0.2) is 42.6 Å². The molecule has 0 radical (unpaired) electrons. The van der Waals surface area contributed by atoms with Crippen LogP contribution in [0, 0.1) is 6.92 Å². The summed E-state index contributed by atoms with van der Waals surface area (Å²) in [7, 11) is 0. The zero-order chi connectivity index (χ0) is 14.2. The summed E-state index contributed by atoms with van der Waals surface area (Å²) in [6.45, 7) is 5.29. The lowest BCUT2D eigenvalue weighted by molar-refractivity contribution is 0.965. The maximum atomic E-state index is 4.43. The van der Waals surface area contributed by atoms with Crippen molar-refractivity contribution in [3.05, 3.63) is 59.3 Å². The molecule has 20 heavy (non-hydrogen) atoms. The Balaban J connectivity index is 1.90. The Hall–Kier alpha value is -1.48. The standard InChI is InChI=1S/C17H22N2S/c1-3-9-18-17-16(8-5-10-19-17)13-20-12-15-7-4-6-14(2)11-15/h4-8,10-11H,3,9,12-13H2,1-2H3,(H,18,19). The molecule has 1 heterocycles. The first kappa shape index (κ1) is 14.9. The van der Waals surface area contributed by atoms with E-state index in [4.69, 9.17) is 0 Å². The number of thioether (sulfide) groups is 1. The summed E-state index contributed by atoms with van der Waals surface area (Å²) < 4.78 is 0. The molecule has 2 aromatic rings. The highest BCUT2D eigenvalue weighted by atomic mass is 32.2. The van der Waals surface area contributed by atoms with Gasteiger partial charge in [0, 0.05) is 29.8 Å². The van der Waals surface area contributed by atoms with E-state index < -0.39 is 0 Å². The lowest BCUT2D eigenvalue weighted by Gasteiger charge is -2.10. The second-order valence-electron chi connectivity index (χ2n) is 4.92. The van der Waals surface area contributed by atoms with Crippen LogP contribution in [-0.4, -0.2) is 11.5 Å². The zero-order valence-corrected chi connectivity index (χ0v) is 13.0. The van der Waals surface area contributed by atoms with Crippen molar-refractivity contribution >= 4 is 17.6 Å². The maximum absolute atomic E-state index is 4.43. The number of anilines is 1.